The average Bonchev–Trinajstić information content (AvgIpc) is 2.72. The van der Waals surface area contributed by atoms with Crippen molar-refractivity contribution in [1.82, 2.24) is 15.0 Å². The summed E-state index contributed by atoms with van der Waals surface area (Å²) in [6.07, 6.45) is 3.25. The van der Waals surface area contributed by atoms with Crippen molar-refractivity contribution in [2.75, 3.05) is 6.61 Å². The van der Waals surface area contributed by atoms with Crippen molar-refractivity contribution in [2.24, 2.45) is 7.05 Å². The first-order valence-corrected chi connectivity index (χ1v) is 4.12. The van der Waals surface area contributed by atoms with Crippen LogP contribution in [0.25, 0.3) is 0 Å². The van der Waals surface area contributed by atoms with Gasteiger partial charge in [0.05, 0.1) is 19.1 Å². The SMILES string of the molecule is Cn1ncc(C(O)C2=COCC2)n1. The van der Waals surface area contributed by atoms with Gasteiger partial charge in [-0.15, -0.1) is 0 Å². The third-order valence-electron chi connectivity index (χ3n) is 1.99. The van der Waals surface area contributed by atoms with Crippen molar-refractivity contribution < 1.29 is 9.84 Å². The molecule has 0 aromatic carbocycles. The van der Waals surface area contributed by atoms with Crippen molar-refractivity contribution in [2.45, 2.75) is 12.5 Å². The van der Waals surface area contributed by atoms with Gasteiger partial charge < -0.3 is 9.84 Å². The van der Waals surface area contributed by atoms with Crippen LogP contribution in [0.2, 0.25) is 0 Å². The molecule has 1 unspecified atom stereocenters. The minimum atomic E-state index is -0.670. The fraction of sp³-hybridized carbons (Fsp3) is 0.500. The van der Waals surface area contributed by atoms with Crippen molar-refractivity contribution in [1.29, 1.82) is 0 Å². The van der Waals surface area contributed by atoms with Gasteiger partial charge in [0.25, 0.3) is 0 Å². The van der Waals surface area contributed by atoms with Gasteiger partial charge in [-0.05, 0) is 0 Å². The zero-order chi connectivity index (χ0) is 9.26. The monoisotopic (exact) mass is 181 g/mol. The summed E-state index contributed by atoms with van der Waals surface area (Å²) in [6, 6.07) is 0. The quantitative estimate of drug-likeness (QED) is 0.705. The Morgan fingerprint density at radius 2 is 2.54 bits per heavy atom. The molecule has 0 bridgehead atoms. The van der Waals surface area contributed by atoms with Crippen LogP contribution in [0, 0.1) is 0 Å². The molecule has 0 spiro atoms. The molecular weight excluding hydrogens is 170 g/mol. The first kappa shape index (κ1) is 8.25. The molecular formula is C8H11N3O2. The molecule has 1 aliphatic heterocycles. The summed E-state index contributed by atoms with van der Waals surface area (Å²) in [5, 5.41) is 17.7. The Labute approximate surface area is 75.6 Å². The third kappa shape index (κ3) is 1.55. The largest absolute Gasteiger partial charge is 0.501 e. The molecule has 1 N–H and O–H groups in total. The van der Waals surface area contributed by atoms with Crippen LogP contribution in [-0.2, 0) is 11.8 Å². The fourth-order valence-corrected chi connectivity index (χ4v) is 1.28. The highest BCUT2D eigenvalue weighted by molar-refractivity contribution is 5.17. The lowest BCUT2D eigenvalue weighted by atomic mass is 10.1. The van der Waals surface area contributed by atoms with Gasteiger partial charge in [0.2, 0.25) is 0 Å². The van der Waals surface area contributed by atoms with Crippen LogP contribution in [0.1, 0.15) is 18.2 Å². The Balaban J connectivity index is 2.16. The van der Waals surface area contributed by atoms with Crippen LogP contribution in [-0.4, -0.2) is 26.7 Å². The van der Waals surface area contributed by atoms with Gasteiger partial charge in [-0.1, -0.05) is 0 Å². The minimum absolute atomic E-state index is 0.569. The van der Waals surface area contributed by atoms with Gasteiger partial charge in [0.15, 0.2) is 0 Å². The van der Waals surface area contributed by atoms with Gasteiger partial charge in [-0.25, -0.2) is 0 Å². The molecule has 0 fully saturated rings. The number of aliphatic hydroxyl groups excluding tert-OH is 1. The predicted octanol–water partition coefficient (Wildman–Crippen LogP) is 0.153. The summed E-state index contributed by atoms with van der Waals surface area (Å²) in [5.41, 5.74) is 1.43. The number of hydrogen-bond acceptors (Lipinski definition) is 4. The van der Waals surface area contributed by atoms with Gasteiger partial charge in [0.1, 0.15) is 11.8 Å². The molecule has 0 aliphatic carbocycles. The number of aromatic nitrogens is 3. The predicted molar refractivity (Wildman–Crippen MR) is 44.6 cm³/mol. The molecule has 1 aromatic rings. The molecule has 5 heteroatoms. The molecule has 0 saturated heterocycles. The molecule has 2 heterocycles. The standard InChI is InChI=1S/C8H11N3O2/c1-11-9-4-7(10-11)8(12)6-2-3-13-5-6/h4-5,8,12H,2-3H2,1H3. The lowest BCUT2D eigenvalue weighted by Gasteiger charge is -2.05. The number of rotatable bonds is 2. The van der Waals surface area contributed by atoms with E-state index in [1.54, 1.807) is 19.5 Å². The highest BCUT2D eigenvalue weighted by atomic mass is 16.5. The van der Waals surface area contributed by atoms with E-state index in [1.807, 2.05) is 0 Å². The van der Waals surface area contributed by atoms with E-state index < -0.39 is 6.10 Å². The topological polar surface area (TPSA) is 60.2 Å². The van der Waals surface area contributed by atoms with E-state index in [0.29, 0.717) is 12.3 Å². The first-order chi connectivity index (χ1) is 6.27. The molecule has 2 rings (SSSR count). The molecule has 5 nitrogen and oxygen atoms in total. The zero-order valence-electron chi connectivity index (χ0n) is 7.34. The highest BCUT2D eigenvalue weighted by Gasteiger charge is 2.19. The van der Waals surface area contributed by atoms with E-state index in [0.717, 1.165) is 12.0 Å². The second-order valence-corrected chi connectivity index (χ2v) is 2.97. The van der Waals surface area contributed by atoms with E-state index in [-0.39, 0.29) is 0 Å². The summed E-state index contributed by atoms with van der Waals surface area (Å²) in [7, 11) is 1.72. The number of ether oxygens (including phenoxy) is 1. The molecule has 70 valence electrons. The smallest absolute Gasteiger partial charge is 0.124 e. The lowest BCUT2D eigenvalue weighted by Crippen LogP contribution is -2.02. The number of aryl methyl sites for hydroxylation is 1. The van der Waals surface area contributed by atoms with Crippen molar-refractivity contribution in [3.05, 3.63) is 23.7 Å². The Hall–Kier alpha value is -1.36. The summed E-state index contributed by atoms with van der Waals surface area (Å²) < 4.78 is 5.03. The van der Waals surface area contributed by atoms with E-state index in [4.69, 9.17) is 4.74 Å². The fourth-order valence-electron chi connectivity index (χ4n) is 1.28. The maximum absolute atomic E-state index is 9.77. The Bertz CT molecular complexity index is 332. The first-order valence-electron chi connectivity index (χ1n) is 4.12. The molecule has 1 atom stereocenters. The molecule has 0 saturated carbocycles. The number of nitrogens with zero attached hydrogens (tertiary/aromatic N) is 3. The second-order valence-electron chi connectivity index (χ2n) is 2.97. The Kier molecular flexibility index (Phi) is 2.02. The van der Waals surface area contributed by atoms with Crippen molar-refractivity contribution >= 4 is 0 Å². The molecule has 1 aliphatic rings. The van der Waals surface area contributed by atoms with E-state index in [2.05, 4.69) is 10.2 Å². The Morgan fingerprint density at radius 1 is 1.69 bits per heavy atom. The molecule has 0 radical (unpaired) electrons. The van der Waals surface area contributed by atoms with Crippen molar-refractivity contribution in [3.63, 3.8) is 0 Å². The van der Waals surface area contributed by atoms with Crippen LogP contribution in [0.4, 0.5) is 0 Å². The van der Waals surface area contributed by atoms with Gasteiger partial charge in [-0.3, -0.25) is 0 Å². The summed E-state index contributed by atoms with van der Waals surface area (Å²) in [6.45, 7) is 0.645. The van der Waals surface area contributed by atoms with Gasteiger partial charge in [-0.2, -0.15) is 15.0 Å². The van der Waals surface area contributed by atoms with E-state index in [9.17, 15) is 5.11 Å². The normalized spacial score (nSPS) is 18.2. The maximum atomic E-state index is 9.77. The number of hydrogen-bond donors (Lipinski definition) is 1. The Morgan fingerprint density at radius 3 is 3.08 bits per heavy atom. The molecule has 13 heavy (non-hydrogen) atoms. The maximum Gasteiger partial charge on any atom is 0.124 e. The zero-order valence-corrected chi connectivity index (χ0v) is 7.34. The molecule has 1 aromatic heterocycles. The third-order valence-corrected chi connectivity index (χ3v) is 1.99. The van der Waals surface area contributed by atoms with Crippen LogP contribution in [0.3, 0.4) is 0 Å². The van der Waals surface area contributed by atoms with Gasteiger partial charge in [0, 0.05) is 19.0 Å². The van der Waals surface area contributed by atoms with Crippen LogP contribution < -0.4 is 0 Å². The van der Waals surface area contributed by atoms with E-state index >= 15 is 0 Å². The summed E-state index contributed by atoms with van der Waals surface area (Å²) >= 11 is 0. The van der Waals surface area contributed by atoms with Crippen molar-refractivity contribution in [3.8, 4) is 0 Å². The van der Waals surface area contributed by atoms with Gasteiger partial charge >= 0.3 is 0 Å². The summed E-state index contributed by atoms with van der Waals surface area (Å²) in [5.74, 6) is 0. The van der Waals surface area contributed by atoms with Crippen LogP contribution in [0.5, 0.6) is 0 Å². The minimum Gasteiger partial charge on any atom is -0.501 e. The summed E-state index contributed by atoms with van der Waals surface area (Å²) in [4.78, 5) is 1.43. The van der Waals surface area contributed by atoms with E-state index in [1.165, 1.54) is 4.80 Å². The number of aliphatic hydroxyl groups is 1. The molecule has 0 amide bonds. The average molecular weight is 181 g/mol. The second kappa shape index (κ2) is 3.18. The highest BCUT2D eigenvalue weighted by Crippen LogP contribution is 2.25. The lowest BCUT2D eigenvalue weighted by molar-refractivity contribution is 0.207. The van der Waals surface area contributed by atoms with Crippen LogP contribution >= 0.6 is 0 Å². The van der Waals surface area contributed by atoms with Crippen LogP contribution in [0.15, 0.2) is 18.0 Å².